The van der Waals surface area contributed by atoms with Gasteiger partial charge in [0.05, 0.1) is 0 Å². The first-order valence-corrected chi connectivity index (χ1v) is 8.00. The number of piperidine rings is 2. The number of nitrogens with one attached hydrogen (secondary N) is 2. The first-order chi connectivity index (χ1) is 9.29. The zero-order chi connectivity index (χ0) is 13.5. The summed E-state index contributed by atoms with van der Waals surface area (Å²) in [6, 6.07) is 0. The van der Waals surface area contributed by atoms with Crippen molar-refractivity contribution in [1.82, 2.24) is 15.5 Å². The summed E-state index contributed by atoms with van der Waals surface area (Å²) in [5.41, 5.74) is 0. The molecule has 0 bridgehead atoms. The maximum atomic E-state index is 12.0. The SMILES string of the molecule is CCN1CCC(CCNC(=O)C2CCNCC2)CC1. The van der Waals surface area contributed by atoms with Gasteiger partial charge in [-0.05, 0) is 70.7 Å². The van der Waals surface area contributed by atoms with E-state index in [9.17, 15) is 4.79 Å². The summed E-state index contributed by atoms with van der Waals surface area (Å²) in [7, 11) is 0. The zero-order valence-corrected chi connectivity index (χ0v) is 12.3. The summed E-state index contributed by atoms with van der Waals surface area (Å²) >= 11 is 0. The molecule has 19 heavy (non-hydrogen) atoms. The standard InChI is InChI=1S/C15H29N3O/c1-2-18-11-6-13(7-12-18)3-10-17-15(19)14-4-8-16-9-5-14/h13-14,16H,2-12H2,1H3,(H,17,19). The molecule has 0 radical (unpaired) electrons. The molecule has 0 saturated carbocycles. The number of likely N-dealkylation sites (tertiary alicyclic amines) is 1. The van der Waals surface area contributed by atoms with Crippen LogP contribution < -0.4 is 10.6 Å². The van der Waals surface area contributed by atoms with E-state index in [4.69, 9.17) is 0 Å². The fraction of sp³-hybridized carbons (Fsp3) is 0.933. The van der Waals surface area contributed by atoms with Crippen molar-refractivity contribution in [2.45, 2.75) is 39.0 Å². The molecule has 4 nitrogen and oxygen atoms in total. The van der Waals surface area contributed by atoms with Crippen LogP contribution in [0.3, 0.4) is 0 Å². The van der Waals surface area contributed by atoms with Crippen molar-refractivity contribution in [2.75, 3.05) is 39.3 Å². The van der Waals surface area contributed by atoms with Gasteiger partial charge in [0.25, 0.3) is 0 Å². The molecular weight excluding hydrogens is 238 g/mol. The average molecular weight is 267 g/mol. The maximum Gasteiger partial charge on any atom is 0.223 e. The molecule has 0 aromatic carbocycles. The van der Waals surface area contributed by atoms with Crippen molar-refractivity contribution >= 4 is 5.91 Å². The van der Waals surface area contributed by atoms with E-state index in [1.54, 1.807) is 0 Å². The fourth-order valence-corrected chi connectivity index (χ4v) is 3.22. The van der Waals surface area contributed by atoms with E-state index in [1.807, 2.05) is 0 Å². The molecule has 2 heterocycles. The lowest BCUT2D eigenvalue weighted by Crippen LogP contribution is -2.39. The van der Waals surface area contributed by atoms with Gasteiger partial charge in [0, 0.05) is 12.5 Å². The smallest absolute Gasteiger partial charge is 0.223 e. The van der Waals surface area contributed by atoms with Gasteiger partial charge >= 0.3 is 0 Å². The van der Waals surface area contributed by atoms with Crippen LogP contribution >= 0.6 is 0 Å². The van der Waals surface area contributed by atoms with Crippen LogP contribution in [0.1, 0.15) is 39.0 Å². The van der Waals surface area contributed by atoms with Crippen molar-refractivity contribution < 1.29 is 4.79 Å². The number of amides is 1. The van der Waals surface area contributed by atoms with Gasteiger partial charge in [-0.1, -0.05) is 6.92 Å². The molecule has 2 aliphatic heterocycles. The molecule has 0 aromatic rings. The highest BCUT2D eigenvalue weighted by molar-refractivity contribution is 5.78. The number of carbonyl (C=O) groups is 1. The molecule has 110 valence electrons. The van der Waals surface area contributed by atoms with Crippen LogP contribution in [-0.2, 0) is 4.79 Å². The number of rotatable bonds is 5. The van der Waals surface area contributed by atoms with Crippen molar-refractivity contribution in [2.24, 2.45) is 11.8 Å². The van der Waals surface area contributed by atoms with Gasteiger partial charge in [-0.3, -0.25) is 4.79 Å². The molecule has 4 heteroatoms. The van der Waals surface area contributed by atoms with Crippen molar-refractivity contribution in [1.29, 1.82) is 0 Å². The van der Waals surface area contributed by atoms with Gasteiger partial charge in [-0.15, -0.1) is 0 Å². The van der Waals surface area contributed by atoms with Crippen LogP contribution in [0, 0.1) is 11.8 Å². The summed E-state index contributed by atoms with van der Waals surface area (Å²) < 4.78 is 0. The fourth-order valence-electron chi connectivity index (χ4n) is 3.22. The lowest BCUT2D eigenvalue weighted by Gasteiger charge is -2.31. The number of hydrogen-bond acceptors (Lipinski definition) is 3. The summed E-state index contributed by atoms with van der Waals surface area (Å²) in [6.45, 7) is 8.76. The van der Waals surface area contributed by atoms with Gasteiger partial charge in [-0.2, -0.15) is 0 Å². The normalized spacial score (nSPS) is 23.4. The highest BCUT2D eigenvalue weighted by Gasteiger charge is 2.21. The Balaban J connectivity index is 1.57. The van der Waals surface area contributed by atoms with Crippen LogP contribution in [0.15, 0.2) is 0 Å². The van der Waals surface area contributed by atoms with Crippen LogP contribution in [0.4, 0.5) is 0 Å². The van der Waals surface area contributed by atoms with E-state index in [1.165, 1.54) is 32.5 Å². The van der Waals surface area contributed by atoms with E-state index in [2.05, 4.69) is 22.5 Å². The van der Waals surface area contributed by atoms with Gasteiger partial charge in [0.1, 0.15) is 0 Å². The van der Waals surface area contributed by atoms with E-state index in [-0.39, 0.29) is 11.8 Å². The predicted octanol–water partition coefficient (Wildman–Crippen LogP) is 1.22. The number of hydrogen-bond donors (Lipinski definition) is 2. The Morgan fingerprint density at radius 2 is 1.89 bits per heavy atom. The Hall–Kier alpha value is -0.610. The van der Waals surface area contributed by atoms with Crippen molar-refractivity contribution in [3.05, 3.63) is 0 Å². The van der Waals surface area contributed by atoms with Crippen molar-refractivity contribution in [3.8, 4) is 0 Å². The minimum absolute atomic E-state index is 0.253. The molecule has 0 unspecified atom stereocenters. The third-order valence-electron chi connectivity index (χ3n) is 4.72. The Kier molecular flexibility index (Phi) is 6.11. The van der Waals surface area contributed by atoms with Gasteiger partial charge < -0.3 is 15.5 Å². The van der Waals surface area contributed by atoms with Crippen LogP contribution in [0.25, 0.3) is 0 Å². The Morgan fingerprint density at radius 1 is 1.21 bits per heavy atom. The Bertz CT molecular complexity index is 269. The van der Waals surface area contributed by atoms with E-state index in [0.717, 1.165) is 44.8 Å². The Morgan fingerprint density at radius 3 is 2.53 bits per heavy atom. The summed E-state index contributed by atoms with van der Waals surface area (Å²) in [5.74, 6) is 1.35. The second-order valence-corrected chi connectivity index (χ2v) is 5.98. The third kappa shape index (κ3) is 4.77. The number of carbonyl (C=O) groups excluding carboxylic acids is 1. The average Bonchev–Trinajstić information content (AvgIpc) is 2.49. The minimum Gasteiger partial charge on any atom is -0.356 e. The van der Waals surface area contributed by atoms with Crippen molar-refractivity contribution in [3.63, 3.8) is 0 Å². The van der Waals surface area contributed by atoms with E-state index in [0.29, 0.717) is 0 Å². The molecule has 2 fully saturated rings. The van der Waals surface area contributed by atoms with Crippen LogP contribution in [0.5, 0.6) is 0 Å². The van der Waals surface area contributed by atoms with Gasteiger partial charge in [-0.25, -0.2) is 0 Å². The molecule has 1 amide bonds. The molecule has 0 aliphatic carbocycles. The zero-order valence-electron chi connectivity index (χ0n) is 12.3. The predicted molar refractivity (Wildman–Crippen MR) is 78.1 cm³/mol. The van der Waals surface area contributed by atoms with Gasteiger partial charge in [0.15, 0.2) is 0 Å². The number of nitrogens with zero attached hydrogens (tertiary/aromatic N) is 1. The monoisotopic (exact) mass is 267 g/mol. The first kappa shape index (κ1) is 14.8. The quantitative estimate of drug-likeness (QED) is 0.787. The summed E-state index contributed by atoms with van der Waals surface area (Å²) in [5, 5.41) is 6.45. The molecule has 0 aromatic heterocycles. The molecule has 2 N–H and O–H groups in total. The van der Waals surface area contributed by atoms with Crippen LogP contribution in [-0.4, -0.2) is 50.1 Å². The van der Waals surface area contributed by atoms with E-state index < -0.39 is 0 Å². The maximum absolute atomic E-state index is 12.0. The van der Waals surface area contributed by atoms with E-state index >= 15 is 0 Å². The molecule has 2 aliphatic rings. The lowest BCUT2D eigenvalue weighted by atomic mass is 9.93. The second-order valence-electron chi connectivity index (χ2n) is 5.98. The van der Waals surface area contributed by atoms with Gasteiger partial charge in [0.2, 0.25) is 5.91 Å². The summed E-state index contributed by atoms with van der Waals surface area (Å²) in [6.07, 6.45) is 5.77. The first-order valence-electron chi connectivity index (χ1n) is 8.00. The molecule has 0 atom stereocenters. The highest BCUT2D eigenvalue weighted by atomic mass is 16.1. The Labute approximate surface area is 117 Å². The highest BCUT2D eigenvalue weighted by Crippen LogP contribution is 2.19. The molecule has 0 spiro atoms. The molecular formula is C15H29N3O. The second kappa shape index (κ2) is 7.85. The topological polar surface area (TPSA) is 44.4 Å². The third-order valence-corrected chi connectivity index (χ3v) is 4.72. The largest absolute Gasteiger partial charge is 0.356 e. The lowest BCUT2D eigenvalue weighted by molar-refractivity contribution is -0.125. The molecule has 2 rings (SSSR count). The van der Waals surface area contributed by atoms with Crippen LogP contribution in [0.2, 0.25) is 0 Å². The molecule has 2 saturated heterocycles. The summed E-state index contributed by atoms with van der Waals surface area (Å²) in [4.78, 5) is 14.5. The minimum atomic E-state index is 0.253.